The van der Waals surface area contributed by atoms with Crippen LogP contribution in [-0.2, 0) is 6.54 Å². The standard InChI is InChI=1S/C16H23FN2O.2ClH/c17-15-4-2-1-3-14(15)11-18-7-9-19(10-8-18)12-16(20)13-5-6-13;;/h1-4,13,16,20H,5-12H2;2*1H. The average Bonchev–Trinajstić information content (AvgIpc) is 3.28. The minimum absolute atomic E-state index is 0. The summed E-state index contributed by atoms with van der Waals surface area (Å²) in [4.78, 5) is 4.62. The number of aliphatic hydroxyl groups excluding tert-OH is 1. The monoisotopic (exact) mass is 350 g/mol. The van der Waals surface area contributed by atoms with Gasteiger partial charge >= 0.3 is 0 Å². The maximum Gasteiger partial charge on any atom is 0.127 e. The Labute approximate surface area is 144 Å². The van der Waals surface area contributed by atoms with Gasteiger partial charge in [-0.05, 0) is 24.8 Å². The van der Waals surface area contributed by atoms with Gasteiger partial charge in [-0.15, -0.1) is 24.8 Å². The van der Waals surface area contributed by atoms with E-state index in [1.165, 1.54) is 18.9 Å². The largest absolute Gasteiger partial charge is 0.392 e. The van der Waals surface area contributed by atoms with Crippen LogP contribution in [0.4, 0.5) is 4.39 Å². The van der Waals surface area contributed by atoms with Crippen LogP contribution in [0.25, 0.3) is 0 Å². The van der Waals surface area contributed by atoms with E-state index in [2.05, 4.69) is 9.80 Å². The summed E-state index contributed by atoms with van der Waals surface area (Å²) in [6, 6.07) is 7.01. The molecule has 1 aromatic carbocycles. The summed E-state index contributed by atoms with van der Waals surface area (Å²) in [5.41, 5.74) is 0.777. The minimum atomic E-state index is -0.145. The molecule has 1 aliphatic heterocycles. The van der Waals surface area contributed by atoms with Crippen molar-refractivity contribution >= 4 is 24.8 Å². The number of rotatable bonds is 5. The predicted octanol–water partition coefficient (Wildman–Crippen LogP) is 2.56. The van der Waals surface area contributed by atoms with Gasteiger partial charge in [-0.25, -0.2) is 4.39 Å². The van der Waals surface area contributed by atoms with E-state index in [0.29, 0.717) is 12.5 Å². The second-order valence-corrected chi connectivity index (χ2v) is 6.07. The zero-order valence-corrected chi connectivity index (χ0v) is 14.3. The number of hydrogen-bond acceptors (Lipinski definition) is 3. The summed E-state index contributed by atoms with van der Waals surface area (Å²) in [7, 11) is 0. The lowest BCUT2D eigenvalue weighted by Gasteiger charge is -2.35. The van der Waals surface area contributed by atoms with Crippen LogP contribution in [0.5, 0.6) is 0 Å². The Kier molecular flexibility index (Phi) is 8.08. The zero-order valence-electron chi connectivity index (χ0n) is 12.7. The predicted molar refractivity (Wildman–Crippen MR) is 91.3 cm³/mol. The van der Waals surface area contributed by atoms with E-state index in [-0.39, 0.29) is 36.7 Å². The summed E-state index contributed by atoms with van der Waals surface area (Å²) in [6.45, 7) is 5.33. The molecule has 1 N–H and O–H groups in total. The summed E-state index contributed by atoms with van der Waals surface area (Å²) in [5.74, 6) is 0.436. The number of nitrogens with zero attached hydrogens (tertiary/aromatic N) is 2. The quantitative estimate of drug-likeness (QED) is 0.883. The van der Waals surface area contributed by atoms with Gasteiger partial charge in [-0.3, -0.25) is 9.80 Å². The van der Waals surface area contributed by atoms with Crippen LogP contribution in [0.15, 0.2) is 24.3 Å². The fraction of sp³-hybridized carbons (Fsp3) is 0.625. The Bertz CT molecular complexity index is 452. The third-order valence-corrected chi connectivity index (χ3v) is 4.43. The number of hydrogen-bond donors (Lipinski definition) is 1. The molecule has 126 valence electrons. The van der Waals surface area contributed by atoms with Gasteiger partial charge in [0.2, 0.25) is 0 Å². The molecule has 6 heteroatoms. The van der Waals surface area contributed by atoms with E-state index in [9.17, 15) is 9.50 Å². The molecule has 0 radical (unpaired) electrons. The van der Waals surface area contributed by atoms with Crippen molar-refractivity contribution in [3.8, 4) is 0 Å². The normalized spacial score (nSPS) is 20.8. The SMILES string of the molecule is Cl.Cl.OC(CN1CCN(Cc2ccccc2F)CC1)C1CC1. The lowest BCUT2D eigenvalue weighted by atomic mass is 10.1. The highest BCUT2D eigenvalue weighted by Crippen LogP contribution is 2.32. The molecule has 0 aromatic heterocycles. The maximum atomic E-state index is 13.6. The Morgan fingerprint density at radius 3 is 2.23 bits per heavy atom. The zero-order chi connectivity index (χ0) is 13.9. The van der Waals surface area contributed by atoms with Crippen molar-refractivity contribution in [1.29, 1.82) is 0 Å². The first-order chi connectivity index (χ1) is 9.72. The Balaban J connectivity index is 0.00000121. The first kappa shape index (κ1) is 19.7. The number of halogens is 3. The molecule has 0 bridgehead atoms. The van der Waals surface area contributed by atoms with Gasteiger partial charge in [0.15, 0.2) is 0 Å². The molecule has 3 rings (SSSR count). The van der Waals surface area contributed by atoms with Crippen LogP contribution in [0, 0.1) is 11.7 Å². The first-order valence-corrected chi connectivity index (χ1v) is 7.58. The smallest absolute Gasteiger partial charge is 0.127 e. The van der Waals surface area contributed by atoms with Crippen LogP contribution in [0.2, 0.25) is 0 Å². The summed E-state index contributed by atoms with van der Waals surface area (Å²) >= 11 is 0. The molecule has 0 spiro atoms. The van der Waals surface area contributed by atoms with Crippen LogP contribution < -0.4 is 0 Å². The maximum absolute atomic E-state index is 13.6. The van der Waals surface area contributed by atoms with Gasteiger partial charge in [-0.1, -0.05) is 18.2 Å². The molecule has 1 saturated heterocycles. The molecule has 0 amide bonds. The lowest BCUT2D eigenvalue weighted by Crippen LogP contribution is -2.48. The Morgan fingerprint density at radius 2 is 1.64 bits per heavy atom. The van der Waals surface area contributed by atoms with Crippen LogP contribution in [-0.4, -0.2) is 53.7 Å². The number of benzene rings is 1. The van der Waals surface area contributed by atoms with Crippen LogP contribution in [0.3, 0.4) is 0 Å². The van der Waals surface area contributed by atoms with Crippen LogP contribution >= 0.6 is 24.8 Å². The third kappa shape index (κ3) is 5.36. The van der Waals surface area contributed by atoms with E-state index in [1.807, 2.05) is 12.1 Å². The lowest BCUT2D eigenvalue weighted by molar-refractivity contribution is 0.0599. The first-order valence-electron chi connectivity index (χ1n) is 7.58. The summed E-state index contributed by atoms with van der Waals surface area (Å²) in [5, 5.41) is 9.97. The van der Waals surface area contributed by atoms with Crippen molar-refractivity contribution in [3.63, 3.8) is 0 Å². The molecule has 1 aliphatic carbocycles. The highest BCUT2D eigenvalue weighted by molar-refractivity contribution is 5.85. The summed E-state index contributed by atoms with van der Waals surface area (Å²) < 4.78 is 13.6. The molecular formula is C16H25Cl2FN2O. The average molecular weight is 351 g/mol. The third-order valence-electron chi connectivity index (χ3n) is 4.43. The topological polar surface area (TPSA) is 26.7 Å². The molecule has 1 atom stereocenters. The summed E-state index contributed by atoms with van der Waals surface area (Å²) in [6.07, 6.45) is 2.23. The van der Waals surface area contributed by atoms with Gasteiger partial charge in [0.1, 0.15) is 5.82 Å². The second kappa shape index (κ2) is 9.04. The van der Waals surface area contributed by atoms with Crippen molar-refractivity contribution in [1.82, 2.24) is 9.80 Å². The van der Waals surface area contributed by atoms with Gasteiger partial charge in [0, 0.05) is 44.8 Å². The molecular weight excluding hydrogens is 326 g/mol. The fourth-order valence-corrected chi connectivity index (χ4v) is 2.89. The van der Waals surface area contributed by atoms with E-state index in [0.717, 1.165) is 38.3 Å². The molecule has 2 aliphatic rings. The van der Waals surface area contributed by atoms with Crippen molar-refractivity contribution in [2.75, 3.05) is 32.7 Å². The molecule has 1 heterocycles. The van der Waals surface area contributed by atoms with Gasteiger partial charge in [-0.2, -0.15) is 0 Å². The van der Waals surface area contributed by atoms with E-state index in [1.54, 1.807) is 6.07 Å². The molecule has 2 fully saturated rings. The van der Waals surface area contributed by atoms with Crippen molar-refractivity contribution in [2.45, 2.75) is 25.5 Å². The minimum Gasteiger partial charge on any atom is -0.392 e. The number of aliphatic hydroxyl groups is 1. The van der Waals surface area contributed by atoms with E-state index in [4.69, 9.17) is 0 Å². The number of piperazine rings is 1. The second-order valence-electron chi connectivity index (χ2n) is 6.07. The van der Waals surface area contributed by atoms with E-state index >= 15 is 0 Å². The molecule has 1 aromatic rings. The number of β-amino-alcohol motifs (C(OH)–C–C–N with tert-alkyl or cyclic N) is 1. The van der Waals surface area contributed by atoms with Crippen molar-refractivity contribution < 1.29 is 9.50 Å². The molecule has 1 saturated carbocycles. The Hall–Kier alpha value is -0.390. The highest BCUT2D eigenvalue weighted by Gasteiger charge is 2.31. The molecule has 3 nitrogen and oxygen atoms in total. The highest BCUT2D eigenvalue weighted by atomic mass is 35.5. The molecule has 1 unspecified atom stereocenters. The van der Waals surface area contributed by atoms with Crippen molar-refractivity contribution in [3.05, 3.63) is 35.6 Å². The van der Waals surface area contributed by atoms with Crippen LogP contribution in [0.1, 0.15) is 18.4 Å². The van der Waals surface area contributed by atoms with Gasteiger partial charge in [0.25, 0.3) is 0 Å². The van der Waals surface area contributed by atoms with Gasteiger partial charge in [0.05, 0.1) is 6.10 Å². The fourth-order valence-electron chi connectivity index (χ4n) is 2.89. The molecule has 22 heavy (non-hydrogen) atoms. The van der Waals surface area contributed by atoms with E-state index < -0.39 is 0 Å². The van der Waals surface area contributed by atoms with Gasteiger partial charge < -0.3 is 5.11 Å². The van der Waals surface area contributed by atoms with Crippen molar-refractivity contribution in [2.24, 2.45) is 5.92 Å². The Morgan fingerprint density at radius 1 is 1.05 bits per heavy atom.